The number of hydrogen-bond acceptors (Lipinski definition) is 2. The van der Waals surface area contributed by atoms with Gasteiger partial charge in [0.15, 0.2) is 11.6 Å². The second-order valence-electron chi connectivity index (χ2n) is 5.32. The molecule has 0 heterocycles. The van der Waals surface area contributed by atoms with E-state index in [0.717, 1.165) is 0 Å². The molecule has 0 aromatic carbocycles. The van der Waals surface area contributed by atoms with Gasteiger partial charge in [0.05, 0.1) is 11.8 Å². The molecule has 3 rings (SSSR count). The van der Waals surface area contributed by atoms with Crippen LogP contribution in [0.3, 0.4) is 0 Å². The largest absolute Gasteiger partial charge is 0.297 e. The maximum Gasteiger partial charge on any atom is 0.161 e. The van der Waals surface area contributed by atoms with Crippen molar-refractivity contribution in [3.05, 3.63) is 24.3 Å². The van der Waals surface area contributed by atoms with Crippen LogP contribution in [0.15, 0.2) is 24.3 Å². The van der Waals surface area contributed by atoms with Crippen LogP contribution < -0.4 is 0 Å². The molecule has 0 spiro atoms. The van der Waals surface area contributed by atoms with Crippen molar-refractivity contribution in [3.8, 4) is 0 Å². The average Bonchev–Trinajstić information content (AvgIpc) is 3.13. The molecule has 3 aliphatic carbocycles. The predicted octanol–water partition coefficient (Wildman–Crippen LogP) is 2.74. The molecule has 3 saturated carbocycles. The maximum atomic E-state index is 12.4. The zero-order valence-electron chi connectivity index (χ0n) is 10.2. The number of halogens is 2. The molecule has 3 fully saturated rings. The van der Waals surface area contributed by atoms with Crippen LogP contribution in [0.5, 0.6) is 0 Å². The Hall–Kier alpha value is -0.600. The van der Waals surface area contributed by atoms with Gasteiger partial charge in [-0.1, -0.05) is 24.3 Å². The van der Waals surface area contributed by atoms with E-state index < -0.39 is 21.6 Å². The van der Waals surface area contributed by atoms with Gasteiger partial charge in [-0.25, -0.2) is 0 Å². The molecule has 0 bridgehead atoms. The summed E-state index contributed by atoms with van der Waals surface area (Å²) in [5.74, 6) is -1.28. The molecule has 96 valence electrons. The van der Waals surface area contributed by atoms with E-state index in [4.69, 9.17) is 23.2 Å². The molecule has 0 unspecified atom stereocenters. The summed E-state index contributed by atoms with van der Waals surface area (Å²) in [4.78, 5) is 22.8. The van der Waals surface area contributed by atoms with Gasteiger partial charge in [-0.2, -0.15) is 0 Å². The minimum Gasteiger partial charge on any atom is -0.297 e. The number of fused-ring (bicyclic) bond motifs is 2. The Morgan fingerprint density at radius 2 is 1.22 bits per heavy atom. The summed E-state index contributed by atoms with van der Waals surface area (Å²) in [7, 11) is 0. The average molecular weight is 285 g/mol. The predicted molar refractivity (Wildman–Crippen MR) is 70.8 cm³/mol. The molecule has 0 aromatic heterocycles. The Kier molecular flexibility index (Phi) is 2.41. The highest BCUT2D eigenvalue weighted by Gasteiger charge is 2.87. The first-order chi connectivity index (χ1) is 8.45. The Bertz CT molecular complexity index is 464. The van der Waals surface area contributed by atoms with E-state index in [-0.39, 0.29) is 23.4 Å². The summed E-state index contributed by atoms with van der Waals surface area (Å²) < 4.78 is 0. The first-order valence-corrected chi connectivity index (χ1v) is 6.93. The summed E-state index contributed by atoms with van der Waals surface area (Å²) in [5.41, 5.74) is 0. The van der Waals surface area contributed by atoms with Gasteiger partial charge < -0.3 is 0 Å². The van der Waals surface area contributed by atoms with Crippen LogP contribution in [-0.2, 0) is 9.59 Å². The van der Waals surface area contributed by atoms with Crippen LogP contribution >= 0.6 is 23.2 Å². The van der Waals surface area contributed by atoms with Gasteiger partial charge in [0, 0.05) is 11.8 Å². The third-order valence-corrected chi connectivity index (χ3v) is 5.84. The molecule has 0 aliphatic heterocycles. The number of carbonyl (C=O) groups is 2. The van der Waals surface area contributed by atoms with Crippen LogP contribution in [0.4, 0.5) is 0 Å². The number of Topliss-reactive ketones (excluding diaryl/α,β-unsaturated/α-hetero) is 2. The summed E-state index contributed by atoms with van der Waals surface area (Å²) in [6.07, 6.45) is 7.37. The van der Waals surface area contributed by atoms with E-state index in [1.165, 1.54) is 0 Å². The normalized spacial score (nSPS) is 53.8. The highest BCUT2D eigenvalue weighted by atomic mass is 35.5. The smallest absolute Gasteiger partial charge is 0.161 e. The third-order valence-electron chi connectivity index (χ3n) is 4.50. The highest BCUT2D eigenvalue weighted by molar-refractivity contribution is 6.51. The van der Waals surface area contributed by atoms with E-state index in [1.807, 2.05) is 38.2 Å². The van der Waals surface area contributed by atoms with E-state index >= 15 is 0 Å². The van der Waals surface area contributed by atoms with E-state index in [9.17, 15) is 9.59 Å². The van der Waals surface area contributed by atoms with Gasteiger partial charge in [-0.05, 0) is 13.8 Å². The lowest BCUT2D eigenvalue weighted by atomic mass is 9.97. The number of carbonyl (C=O) groups excluding carboxylic acids is 2. The minimum absolute atomic E-state index is 0.0463. The van der Waals surface area contributed by atoms with Crippen LogP contribution in [0.25, 0.3) is 0 Å². The Morgan fingerprint density at radius 1 is 0.889 bits per heavy atom. The molecule has 0 N–H and O–H groups in total. The van der Waals surface area contributed by atoms with Gasteiger partial charge in [0.1, 0.15) is 9.75 Å². The lowest BCUT2D eigenvalue weighted by molar-refractivity contribution is -0.129. The molecular formula is C14H14Cl2O2. The van der Waals surface area contributed by atoms with Crippen molar-refractivity contribution in [2.45, 2.75) is 23.6 Å². The highest BCUT2D eigenvalue weighted by Crippen LogP contribution is 2.73. The van der Waals surface area contributed by atoms with Crippen molar-refractivity contribution in [1.29, 1.82) is 0 Å². The Morgan fingerprint density at radius 3 is 1.50 bits per heavy atom. The maximum absolute atomic E-state index is 12.4. The number of hydrogen-bond donors (Lipinski definition) is 0. The first-order valence-electron chi connectivity index (χ1n) is 6.17. The quantitative estimate of drug-likeness (QED) is 0.577. The summed E-state index contributed by atoms with van der Waals surface area (Å²) in [6, 6.07) is 0. The number of alkyl halides is 2. The molecule has 0 saturated heterocycles. The molecule has 18 heavy (non-hydrogen) atoms. The third kappa shape index (κ3) is 1.12. The van der Waals surface area contributed by atoms with Gasteiger partial charge >= 0.3 is 0 Å². The molecule has 4 heteroatoms. The standard InChI is InChI=1S/C14H14Cl2O2/c1-3-5-7-9-11(17)14(16)8(6-4-2)10(14)12(18)13(7,9)15/h3-10H,1-2H3/b5-3-,6-4+/t7-,8+,9-,10-,13+,14-/m0/s1. The SMILES string of the molecule is C/C=C\[C@H]1[C@H]2C(=O)[C@]3(Cl)[C@H](/C=C/C)[C@H]3C(=O)[C@]21Cl. The molecule has 6 atom stereocenters. The van der Waals surface area contributed by atoms with Crippen LogP contribution in [0.1, 0.15) is 13.8 Å². The van der Waals surface area contributed by atoms with Crippen LogP contribution in [-0.4, -0.2) is 21.3 Å². The topological polar surface area (TPSA) is 34.1 Å². The molecule has 0 amide bonds. The molecule has 2 nitrogen and oxygen atoms in total. The second kappa shape index (κ2) is 3.49. The lowest BCUT2D eigenvalue weighted by Gasteiger charge is -2.16. The Balaban J connectivity index is 1.99. The summed E-state index contributed by atoms with van der Waals surface area (Å²) in [6.45, 7) is 3.72. The van der Waals surface area contributed by atoms with Gasteiger partial charge in [0.25, 0.3) is 0 Å². The summed E-state index contributed by atoms with van der Waals surface area (Å²) >= 11 is 12.8. The van der Waals surface area contributed by atoms with Gasteiger partial charge in [-0.15, -0.1) is 23.2 Å². The van der Waals surface area contributed by atoms with E-state index in [2.05, 4.69) is 0 Å². The second-order valence-corrected chi connectivity index (χ2v) is 6.57. The van der Waals surface area contributed by atoms with Gasteiger partial charge in [0.2, 0.25) is 0 Å². The van der Waals surface area contributed by atoms with Crippen molar-refractivity contribution < 1.29 is 9.59 Å². The van der Waals surface area contributed by atoms with Crippen LogP contribution in [0.2, 0.25) is 0 Å². The van der Waals surface area contributed by atoms with Crippen molar-refractivity contribution in [2.24, 2.45) is 23.7 Å². The number of ketones is 2. The van der Waals surface area contributed by atoms with Crippen molar-refractivity contribution in [2.75, 3.05) is 0 Å². The minimum atomic E-state index is -1.01. The van der Waals surface area contributed by atoms with Crippen molar-refractivity contribution in [1.82, 2.24) is 0 Å². The van der Waals surface area contributed by atoms with Gasteiger partial charge in [-0.3, -0.25) is 9.59 Å². The zero-order chi connectivity index (χ0) is 13.3. The Labute approximate surface area is 116 Å². The number of rotatable bonds is 2. The van der Waals surface area contributed by atoms with Crippen molar-refractivity contribution in [3.63, 3.8) is 0 Å². The molecule has 0 radical (unpaired) electrons. The first kappa shape index (κ1) is 12.4. The monoisotopic (exact) mass is 284 g/mol. The molecule has 3 aliphatic rings. The van der Waals surface area contributed by atoms with Crippen LogP contribution in [0, 0.1) is 23.7 Å². The van der Waals surface area contributed by atoms with E-state index in [0.29, 0.717) is 0 Å². The fraction of sp³-hybridized carbons (Fsp3) is 0.571. The lowest BCUT2D eigenvalue weighted by Crippen LogP contribution is -2.37. The van der Waals surface area contributed by atoms with Crippen molar-refractivity contribution >= 4 is 34.8 Å². The zero-order valence-corrected chi connectivity index (χ0v) is 11.7. The molecule has 0 aromatic rings. The summed E-state index contributed by atoms with van der Waals surface area (Å²) in [5, 5.41) is 0. The fourth-order valence-corrected chi connectivity index (χ4v) is 4.48. The van der Waals surface area contributed by atoms with E-state index in [1.54, 1.807) is 0 Å². The molecular weight excluding hydrogens is 271 g/mol. The fourth-order valence-electron chi connectivity index (χ4n) is 3.50. The number of allylic oxidation sites excluding steroid dienone is 4.